The van der Waals surface area contributed by atoms with E-state index in [0.717, 1.165) is 0 Å². The zero-order chi connectivity index (χ0) is 18.4. The molecule has 2 N–H and O–H groups in total. The third kappa shape index (κ3) is 11.7. The van der Waals surface area contributed by atoms with Crippen LogP contribution in [-0.4, -0.2) is 48.8 Å². The number of ether oxygens (including phenoxy) is 2. The van der Waals surface area contributed by atoms with Gasteiger partial charge in [-0.25, -0.2) is 4.79 Å². The molecule has 0 saturated carbocycles. The molecule has 0 heterocycles. The molecule has 25 heavy (non-hydrogen) atoms. The smallest absolute Gasteiger partial charge is 0.446 e. The summed E-state index contributed by atoms with van der Waals surface area (Å²) in [7, 11) is -9.38. The van der Waals surface area contributed by atoms with E-state index in [4.69, 9.17) is 9.11 Å². The van der Waals surface area contributed by atoms with E-state index in [1.165, 1.54) is 0 Å². The number of rotatable bonds is 9. The molecule has 0 aromatic heterocycles. The number of hydrogen-bond acceptors (Lipinski definition) is 8. The fraction of sp³-hybridized carbons (Fsp3) is 0.455. The second-order valence-electron chi connectivity index (χ2n) is 4.14. The zero-order valence-electron chi connectivity index (χ0n) is 13.9. The van der Waals surface area contributed by atoms with Gasteiger partial charge in [-0.15, -0.1) is 12.8 Å². The van der Waals surface area contributed by atoms with Gasteiger partial charge in [0, 0.05) is 5.57 Å². The van der Waals surface area contributed by atoms with E-state index in [9.17, 15) is 26.4 Å². The Morgan fingerprint density at radius 1 is 0.920 bits per heavy atom. The fourth-order valence-electron chi connectivity index (χ4n) is 1.17. The Balaban J connectivity index is -0.00000242. The van der Waals surface area contributed by atoms with Crippen LogP contribution in [0, 0.1) is 13.8 Å². The van der Waals surface area contributed by atoms with Gasteiger partial charge in [-0.2, -0.15) is 16.8 Å². The molecule has 0 saturated heterocycles. The maximum absolute atomic E-state index is 11.5. The molecule has 0 aliphatic carbocycles. The maximum Gasteiger partial charge on any atom is 1.00 e. The Bertz CT molecular complexity index is 671. The third-order valence-electron chi connectivity index (χ3n) is 2.28. The molecule has 0 rings (SSSR count). The normalized spacial score (nSPS) is 13.4. The van der Waals surface area contributed by atoms with E-state index in [2.05, 4.69) is 29.9 Å². The zero-order valence-corrected chi connectivity index (χ0v) is 19.5. The molecule has 0 amide bonds. The average Bonchev–Trinajstić information content (AvgIpc) is 2.38. The molecule has 14 heteroatoms. The summed E-state index contributed by atoms with van der Waals surface area (Å²) in [6, 6.07) is 0. The SMILES string of the molecule is C=C(CC(=O)OC(C[CH2-])S(=O)(=O)O)C(=O)OC(C[CH2-])S(=O)(=O)O.[Na+].[Na+]. The van der Waals surface area contributed by atoms with E-state index in [1.54, 1.807) is 0 Å². The van der Waals surface area contributed by atoms with Crippen molar-refractivity contribution in [2.75, 3.05) is 0 Å². The summed E-state index contributed by atoms with van der Waals surface area (Å²) >= 11 is 0. The molecule has 10 nitrogen and oxygen atoms in total. The summed E-state index contributed by atoms with van der Waals surface area (Å²) in [4.78, 5) is 23.0. The first-order valence-corrected chi connectivity index (χ1v) is 8.92. The molecule has 0 aromatic carbocycles. The van der Waals surface area contributed by atoms with E-state index in [-0.39, 0.29) is 59.1 Å². The van der Waals surface area contributed by atoms with Gasteiger partial charge in [0.2, 0.25) is 5.44 Å². The average molecular weight is 418 g/mol. The van der Waals surface area contributed by atoms with Crippen LogP contribution in [0.15, 0.2) is 12.2 Å². The molecule has 0 bridgehead atoms. The first-order chi connectivity index (χ1) is 10.3. The molecule has 0 fully saturated rings. The van der Waals surface area contributed by atoms with Crippen molar-refractivity contribution in [3.63, 3.8) is 0 Å². The van der Waals surface area contributed by atoms with Crippen LogP contribution in [0.2, 0.25) is 0 Å². The van der Waals surface area contributed by atoms with Crippen LogP contribution in [0.3, 0.4) is 0 Å². The molecule has 0 aliphatic rings. The Hall–Kier alpha value is 0.500. The van der Waals surface area contributed by atoms with Gasteiger partial charge < -0.3 is 23.3 Å². The maximum atomic E-state index is 11.5. The predicted molar refractivity (Wildman–Crippen MR) is 76.6 cm³/mol. The van der Waals surface area contributed by atoms with Gasteiger partial charge >= 0.3 is 91.3 Å². The van der Waals surface area contributed by atoms with E-state index in [1.807, 2.05) is 0 Å². The fourth-order valence-corrected chi connectivity index (χ4v) is 2.21. The minimum absolute atomic E-state index is 0. The van der Waals surface area contributed by atoms with Crippen LogP contribution in [0.1, 0.15) is 19.3 Å². The van der Waals surface area contributed by atoms with Crippen molar-refractivity contribution in [2.24, 2.45) is 0 Å². The molecule has 0 spiro atoms. The molecule has 134 valence electrons. The number of carbonyl (C=O) groups is 2. The van der Waals surface area contributed by atoms with Crippen molar-refractivity contribution in [2.45, 2.75) is 30.1 Å². The summed E-state index contributed by atoms with van der Waals surface area (Å²) in [5.74, 6) is -2.57. The van der Waals surface area contributed by atoms with Crippen LogP contribution in [0.5, 0.6) is 0 Å². The van der Waals surface area contributed by atoms with Crippen LogP contribution >= 0.6 is 0 Å². The molecule has 0 radical (unpaired) electrons. The van der Waals surface area contributed by atoms with Crippen molar-refractivity contribution in [3.05, 3.63) is 26.0 Å². The van der Waals surface area contributed by atoms with Crippen molar-refractivity contribution < 1.29 is 104 Å². The Kier molecular flexibility index (Phi) is 15.5. The van der Waals surface area contributed by atoms with E-state index >= 15 is 0 Å². The second kappa shape index (κ2) is 12.8. The van der Waals surface area contributed by atoms with Crippen LogP contribution in [-0.2, 0) is 39.3 Å². The minimum Gasteiger partial charge on any atom is -0.446 e. The predicted octanol–water partition coefficient (Wildman–Crippen LogP) is -6.10. The minimum atomic E-state index is -4.70. The quantitative estimate of drug-likeness (QED) is 0.121. The van der Waals surface area contributed by atoms with Crippen LogP contribution in [0.4, 0.5) is 0 Å². The van der Waals surface area contributed by atoms with Gasteiger partial charge in [-0.1, -0.05) is 6.58 Å². The molecule has 2 unspecified atom stereocenters. The summed E-state index contributed by atoms with van der Waals surface area (Å²) in [5, 5.41) is 0. The first kappa shape index (κ1) is 30.2. The Labute approximate surface area is 190 Å². The van der Waals surface area contributed by atoms with Crippen LogP contribution in [0.25, 0.3) is 0 Å². The van der Waals surface area contributed by atoms with Gasteiger partial charge in [0.25, 0.3) is 0 Å². The Morgan fingerprint density at radius 2 is 1.28 bits per heavy atom. The second-order valence-corrected chi connectivity index (χ2v) is 7.25. The molecule has 2 atom stereocenters. The number of hydrogen-bond donors (Lipinski definition) is 2. The number of carbonyl (C=O) groups excluding carboxylic acids is 2. The standard InChI is InChI=1S/C11H16O10S2.2Na/c1-4-9(22(14,15)16)20-8(12)6-7(3)11(13)21-10(5-2)23(17,18)19;;/h9-10H,1-6H2,(H,14,15,16)(H,17,18,19);;/q-2;2*+1. The monoisotopic (exact) mass is 418 g/mol. The molecule has 0 aliphatic heterocycles. The first-order valence-electron chi connectivity index (χ1n) is 5.92. The summed E-state index contributed by atoms with van der Waals surface area (Å²) in [5.41, 5.74) is -4.41. The summed E-state index contributed by atoms with van der Waals surface area (Å²) < 4.78 is 69.7. The van der Waals surface area contributed by atoms with Crippen LogP contribution < -0.4 is 59.1 Å². The van der Waals surface area contributed by atoms with Gasteiger partial charge in [0.1, 0.15) is 0 Å². The van der Waals surface area contributed by atoms with Crippen molar-refractivity contribution in [1.29, 1.82) is 0 Å². The van der Waals surface area contributed by atoms with Gasteiger partial charge in [0.05, 0.1) is 6.42 Å². The molecular weight excluding hydrogens is 402 g/mol. The van der Waals surface area contributed by atoms with E-state index < -0.39 is 67.9 Å². The van der Waals surface area contributed by atoms with Crippen molar-refractivity contribution >= 4 is 32.2 Å². The van der Waals surface area contributed by atoms with Crippen molar-refractivity contribution in [1.82, 2.24) is 0 Å². The summed E-state index contributed by atoms with van der Waals surface area (Å²) in [6.45, 7) is 9.49. The van der Waals surface area contributed by atoms with Gasteiger partial charge in [0.15, 0.2) is 5.44 Å². The largest absolute Gasteiger partial charge is 1.00 e. The Morgan fingerprint density at radius 3 is 1.60 bits per heavy atom. The van der Waals surface area contributed by atoms with Gasteiger partial charge in [-0.3, -0.25) is 13.9 Å². The topological polar surface area (TPSA) is 161 Å². The van der Waals surface area contributed by atoms with Crippen molar-refractivity contribution in [3.8, 4) is 0 Å². The van der Waals surface area contributed by atoms with E-state index in [0.29, 0.717) is 0 Å². The molecular formula is C11H16Na2O10S2. The third-order valence-corrected chi connectivity index (χ3v) is 4.28. The molecule has 0 aromatic rings. The number of esters is 2. The summed E-state index contributed by atoms with van der Waals surface area (Å²) in [6.07, 6.45) is -1.80. The van der Waals surface area contributed by atoms with Gasteiger partial charge in [-0.05, 0) is 0 Å².